The van der Waals surface area contributed by atoms with Gasteiger partial charge in [-0.15, -0.1) is 0 Å². The molecule has 0 saturated carbocycles. The van der Waals surface area contributed by atoms with Gasteiger partial charge < -0.3 is 19.7 Å². The topological polar surface area (TPSA) is 122 Å². The van der Waals surface area contributed by atoms with Crippen LogP contribution >= 0.6 is 0 Å². The van der Waals surface area contributed by atoms with E-state index in [0.29, 0.717) is 13.2 Å². The van der Waals surface area contributed by atoms with Gasteiger partial charge in [-0.3, -0.25) is 9.59 Å². The Hall–Kier alpha value is -2.50. The number of likely N-dealkylation sites (N-methyl/N-ethyl adjacent to an activating group) is 1. The highest BCUT2D eigenvalue weighted by Crippen LogP contribution is 2.19. The molecule has 0 radical (unpaired) electrons. The molecule has 0 aliphatic carbocycles. The fourth-order valence-electron chi connectivity index (χ4n) is 3.12. The monoisotopic (exact) mass is 469 g/mol. The summed E-state index contributed by atoms with van der Waals surface area (Å²) in [5, 5.41) is 2.60. The number of nitrogens with zero attached hydrogens (tertiary/aromatic N) is 2. The van der Waals surface area contributed by atoms with Gasteiger partial charge in [0.2, 0.25) is 10.0 Å². The number of nitrogens with one attached hydrogen (secondary N) is 1. The lowest BCUT2D eigenvalue weighted by atomic mass is 10.0. The number of esters is 1. The number of rotatable bonds is 8. The molecule has 1 aliphatic heterocycles. The summed E-state index contributed by atoms with van der Waals surface area (Å²) in [5.41, 5.74) is 0.0928. The number of sulfonamides is 1. The summed E-state index contributed by atoms with van der Waals surface area (Å²) in [7, 11) is -0.677. The molecule has 0 spiro atoms. The van der Waals surface area contributed by atoms with Crippen LogP contribution in [0.4, 0.5) is 0 Å². The molecule has 1 saturated heterocycles. The Kier molecular flexibility index (Phi) is 8.76. The second-order valence-corrected chi connectivity index (χ2v) is 9.99. The quantitative estimate of drug-likeness (QED) is 0.550. The van der Waals surface area contributed by atoms with E-state index >= 15 is 0 Å². The highest BCUT2D eigenvalue weighted by molar-refractivity contribution is 7.89. The zero-order chi connectivity index (χ0) is 24.1. The third kappa shape index (κ3) is 6.27. The first-order valence-corrected chi connectivity index (χ1v) is 11.8. The van der Waals surface area contributed by atoms with E-state index in [-0.39, 0.29) is 35.4 Å². The molecule has 32 heavy (non-hydrogen) atoms. The summed E-state index contributed by atoms with van der Waals surface area (Å²) in [5.74, 6) is -2.07. The van der Waals surface area contributed by atoms with E-state index in [4.69, 9.17) is 9.47 Å². The predicted octanol–water partition coefficient (Wildman–Crippen LogP) is 0.482. The van der Waals surface area contributed by atoms with Crippen molar-refractivity contribution >= 4 is 27.8 Å². The Morgan fingerprint density at radius 2 is 1.75 bits per heavy atom. The van der Waals surface area contributed by atoms with E-state index in [1.54, 1.807) is 27.9 Å². The minimum atomic E-state index is -3.77. The van der Waals surface area contributed by atoms with Gasteiger partial charge in [0.1, 0.15) is 6.04 Å². The zero-order valence-electron chi connectivity index (χ0n) is 19.0. The number of carbonyl (C=O) groups excluding carboxylic acids is 3. The first-order chi connectivity index (χ1) is 14.9. The summed E-state index contributed by atoms with van der Waals surface area (Å²) >= 11 is 0. The molecule has 1 N–H and O–H groups in total. The Morgan fingerprint density at radius 3 is 2.31 bits per heavy atom. The standard InChI is InChI=1S/C21H31N3O7S/c1-14(2)18(21(27)31-15(3)20(26)23(4)5)22-19(25)16-7-6-8-17(13-16)32(28,29)24-9-11-30-12-10-24/h6-8,13-15,18H,9-12H2,1-5H3,(H,22,25). The molecule has 0 aromatic heterocycles. The number of morpholine rings is 1. The summed E-state index contributed by atoms with van der Waals surface area (Å²) in [6.07, 6.45) is -1.00. The lowest BCUT2D eigenvalue weighted by Gasteiger charge is -2.26. The van der Waals surface area contributed by atoms with Crippen molar-refractivity contribution in [1.82, 2.24) is 14.5 Å². The van der Waals surface area contributed by atoms with Crippen LogP contribution in [-0.2, 0) is 29.1 Å². The van der Waals surface area contributed by atoms with Crippen LogP contribution in [0, 0.1) is 5.92 Å². The normalized spacial score (nSPS) is 16.8. The fraction of sp³-hybridized carbons (Fsp3) is 0.571. The molecule has 10 nitrogen and oxygen atoms in total. The summed E-state index contributed by atoms with van der Waals surface area (Å²) in [6.45, 7) is 6.01. The third-order valence-electron chi connectivity index (χ3n) is 4.99. The van der Waals surface area contributed by atoms with Crippen molar-refractivity contribution in [2.24, 2.45) is 5.92 Å². The van der Waals surface area contributed by atoms with Gasteiger partial charge in [-0.2, -0.15) is 4.31 Å². The van der Waals surface area contributed by atoms with Gasteiger partial charge in [0, 0.05) is 32.7 Å². The number of carbonyl (C=O) groups is 3. The van der Waals surface area contributed by atoms with Crippen LogP contribution in [0.15, 0.2) is 29.2 Å². The second-order valence-electron chi connectivity index (χ2n) is 8.05. The minimum absolute atomic E-state index is 0.0130. The molecule has 11 heteroatoms. The minimum Gasteiger partial charge on any atom is -0.451 e. The average molecular weight is 470 g/mol. The van der Waals surface area contributed by atoms with E-state index in [1.165, 1.54) is 40.4 Å². The number of amides is 2. The maximum atomic E-state index is 12.9. The lowest BCUT2D eigenvalue weighted by Crippen LogP contribution is -2.47. The van der Waals surface area contributed by atoms with Crippen LogP contribution in [0.2, 0.25) is 0 Å². The van der Waals surface area contributed by atoms with Crippen molar-refractivity contribution in [1.29, 1.82) is 0 Å². The van der Waals surface area contributed by atoms with Crippen LogP contribution in [0.25, 0.3) is 0 Å². The predicted molar refractivity (Wildman–Crippen MR) is 116 cm³/mol. The molecule has 1 heterocycles. The first-order valence-electron chi connectivity index (χ1n) is 10.4. The highest BCUT2D eigenvalue weighted by Gasteiger charge is 2.31. The van der Waals surface area contributed by atoms with Gasteiger partial charge in [-0.1, -0.05) is 19.9 Å². The molecule has 1 fully saturated rings. The largest absolute Gasteiger partial charge is 0.451 e. The molecule has 2 atom stereocenters. The number of ether oxygens (including phenoxy) is 2. The number of hydrogen-bond donors (Lipinski definition) is 1. The summed E-state index contributed by atoms with van der Waals surface area (Å²) < 4.78 is 37.5. The Balaban J connectivity index is 2.16. The van der Waals surface area contributed by atoms with Crippen LogP contribution in [0.5, 0.6) is 0 Å². The Morgan fingerprint density at radius 1 is 1.12 bits per heavy atom. The molecule has 1 aliphatic rings. The highest BCUT2D eigenvalue weighted by atomic mass is 32.2. The molecule has 2 amide bonds. The van der Waals surface area contributed by atoms with Crippen molar-refractivity contribution in [2.75, 3.05) is 40.4 Å². The average Bonchev–Trinajstić information content (AvgIpc) is 2.76. The van der Waals surface area contributed by atoms with Gasteiger partial charge in [-0.25, -0.2) is 13.2 Å². The van der Waals surface area contributed by atoms with Crippen molar-refractivity contribution in [3.63, 3.8) is 0 Å². The van der Waals surface area contributed by atoms with Crippen molar-refractivity contribution < 1.29 is 32.3 Å². The van der Waals surface area contributed by atoms with E-state index < -0.39 is 34.0 Å². The maximum absolute atomic E-state index is 12.9. The molecular weight excluding hydrogens is 438 g/mol. The molecule has 2 unspecified atom stereocenters. The molecular formula is C21H31N3O7S. The van der Waals surface area contributed by atoms with Crippen LogP contribution in [0.1, 0.15) is 31.1 Å². The Labute approximate surface area is 188 Å². The molecule has 178 valence electrons. The van der Waals surface area contributed by atoms with Crippen molar-refractivity contribution in [3.8, 4) is 0 Å². The van der Waals surface area contributed by atoms with Crippen LogP contribution in [-0.4, -0.2) is 88.0 Å². The molecule has 1 aromatic carbocycles. The SMILES string of the molecule is CC(OC(=O)C(NC(=O)c1cccc(S(=O)(=O)N2CCOCC2)c1)C(C)C)C(=O)N(C)C. The van der Waals surface area contributed by atoms with Gasteiger partial charge in [-0.05, 0) is 31.0 Å². The fourth-order valence-corrected chi connectivity index (χ4v) is 4.57. The van der Waals surface area contributed by atoms with Crippen LogP contribution in [0.3, 0.4) is 0 Å². The van der Waals surface area contributed by atoms with E-state index in [9.17, 15) is 22.8 Å². The van der Waals surface area contributed by atoms with E-state index in [2.05, 4.69) is 5.32 Å². The van der Waals surface area contributed by atoms with Gasteiger partial charge in [0.15, 0.2) is 6.10 Å². The van der Waals surface area contributed by atoms with Crippen molar-refractivity contribution in [3.05, 3.63) is 29.8 Å². The third-order valence-corrected chi connectivity index (χ3v) is 6.89. The summed E-state index contributed by atoms with van der Waals surface area (Å²) in [4.78, 5) is 38.7. The number of hydrogen-bond acceptors (Lipinski definition) is 7. The second kappa shape index (κ2) is 10.9. The van der Waals surface area contributed by atoms with Gasteiger partial charge in [0.05, 0.1) is 18.1 Å². The first kappa shape index (κ1) is 25.8. The van der Waals surface area contributed by atoms with E-state index in [0.717, 1.165) is 0 Å². The smallest absolute Gasteiger partial charge is 0.329 e. The number of benzene rings is 1. The lowest BCUT2D eigenvalue weighted by molar-refractivity contribution is -0.160. The zero-order valence-corrected chi connectivity index (χ0v) is 19.8. The molecule has 2 rings (SSSR count). The van der Waals surface area contributed by atoms with Gasteiger partial charge >= 0.3 is 5.97 Å². The van der Waals surface area contributed by atoms with Crippen LogP contribution < -0.4 is 5.32 Å². The molecule has 0 bridgehead atoms. The summed E-state index contributed by atoms with van der Waals surface area (Å²) in [6, 6.07) is 4.63. The van der Waals surface area contributed by atoms with E-state index in [1.807, 2.05) is 0 Å². The van der Waals surface area contributed by atoms with Gasteiger partial charge in [0.25, 0.3) is 11.8 Å². The van der Waals surface area contributed by atoms with Crippen molar-refractivity contribution in [2.45, 2.75) is 37.8 Å². The Bertz CT molecular complexity index is 940. The molecule has 1 aromatic rings. The maximum Gasteiger partial charge on any atom is 0.329 e.